The third-order valence-electron chi connectivity index (χ3n) is 5.84. The van der Waals surface area contributed by atoms with Crippen LogP contribution in [-0.4, -0.2) is 58.7 Å². The van der Waals surface area contributed by atoms with Gasteiger partial charge in [-0.2, -0.15) is 9.40 Å². The van der Waals surface area contributed by atoms with E-state index in [1.165, 1.54) is 16.4 Å². The van der Waals surface area contributed by atoms with E-state index >= 15 is 0 Å². The molecule has 176 valence electrons. The van der Waals surface area contributed by atoms with Crippen molar-refractivity contribution in [1.29, 1.82) is 0 Å². The lowest BCUT2D eigenvalue weighted by Gasteiger charge is -2.35. The number of piperazine rings is 1. The number of aryl methyl sites for hydroxylation is 1. The number of rotatable bonds is 5. The Labute approximate surface area is 207 Å². The Morgan fingerprint density at radius 1 is 0.941 bits per heavy atom. The Morgan fingerprint density at radius 3 is 2.32 bits per heavy atom. The van der Waals surface area contributed by atoms with E-state index in [1.54, 1.807) is 23.0 Å². The molecule has 1 aliphatic rings. The highest BCUT2D eigenvalue weighted by molar-refractivity contribution is 7.89. The van der Waals surface area contributed by atoms with Crippen LogP contribution in [0.5, 0.6) is 0 Å². The third-order valence-corrected chi connectivity index (χ3v) is 8.33. The molecule has 11 heteroatoms. The molecule has 0 atom stereocenters. The van der Waals surface area contributed by atoms with Gasteiger partial charge in [0.15, 0.2) is 5.65 Å². The van der Waals surface area contributed by atoms with Crippen molar-refractivity contribution in [3.8, 4) is 5.69 Å². The lowest BCUT2D eigenvalue weighted by Crippen LogP contribution is -2.49. The fourth-order valence-corrected chi connectivity index (χ4v) is 5.80. The topological polar surface area (TPSA) is 84.2 Å². The maximum Gasteiger partial charge on any atom is 0.243 e. The van der Waals surface area contributed by atoms with Gasteiger partial charge in [0.2, 0.25) is 10.0 Å². The lowest BCUT2D eigenvalue weighted by atomic mass is 10.3. The standard InChI is InChI=1S/C23H22Cl2N6O2S/c1-2-21-27-22(18-15-26-31(23(18)28-21)20-6-4-3-5-19(20)25)29-11-13-30(14-12-29)34(32,33)17-9-7-16(24)8-10-17/h3-10,15H,2,11-14H2,1H3. The van der Waals surface area contributed by atoms with Gasteiger partial charge in [-0.1, -0.05) is 42.3 Å². The Hall–Kier alpha value is -2.72. The Bertz CT molecular complexity index is 1450. The second-order valence-electron chi connectivity index (χ2n) is 7.91. The largest absolute Gasteiger partial charge is 0.353 e. The molecule has 2 aromatic carbocycles. The Balaban J connectivity index is 1.45. The second kappa shape index (κ2) is 9.14. The molecule has 34 heavy (non-hydrogen) atoms. The summed E-state index contributed by atoms with van der Waals surface area (Å²) < 4.78 is 29.3. The average Bonchev–Trinajstić information content (AvgIpc) is 3.28. The van der Waals surface area contributed by atoms with E-state index in [2.05, 4.69) is 10.00 Å². The molecule has 0 bridgehead atoms. The van der Waals surface area contributed by atoms with Crippen molar-refractivity contribution >= 4 is 50.1 Å². The molecule has 1 saturated heterocycles. The summed E-state index contributed by atoms with van der Waals surface area (Å²) in [5, 5.41) is 6.42. The van der Waals surface area contributed by atoms with Crippen LogP contribution in [0.4, 0.5) is 5.82 Å². The van der Waals surface area contributed by atoms with E-state index in [4.69, 9.17) is 33.2 Å². The van der Waals surface area contributed by atoms with Crippen LogP contribution < -0.4 is 4.90 Å². The number of sulfonamides is 1. The zero-order valence-electron chi connectivity index (χ0n) is 18.4. The molecule has 0 aliphatic carbocycles. The van der Waals surface area contributed by atoms with Crippen LogP contribution in [0.2, 0.25) is 10.0 Å². The number of aromatic nitrogens is 4. The molecule has 0 saturated carbocycles. The number of benzene rings is 2. The number of hydrogen-bond acceptors (Lipinski definition) is 6. The molecule has 0 N–H and O–H groups in total. The molecule has 3 heterocycles. The molecule has 5 rings (SSSR count). The van der Waals surface area contributed by atoms with Gasteiger partial charge >= 0.3 is 0 Å². The van der Waals surface area contributed by atoms with Crippen molar-refractivity contribution in [3.05, 3.63) is 70.6 Å². The summed E-state index contributed by atoms with van der Waals surface area (Å²) in [6, 6.07) is 13.7. The maximum atomic E-state index is 13.1. The summed E-state index contributed by atoms with van der Waals surface area (Å²) in [5.74, 6) is 1.44. The fourth-order valence-electron chi connectivity index (χ4n) is 4.03. The molecular weight excluding hydrogens is 495 g/mol. The van der Waals surface area contributed by atoms with Crippen LogP contribution >= 0.6 is 23.2 Å². The number of fused-ring (bicyclic) bond motifs is 1. The predicted molar refractivity (Wildman–Crippen MR) is 133 cm³/mol. The van der Waals surface area contributed by atoms with Crippen molar-refractivity contribution in [1.82, 2.24) is 24.1 Å². The zero-order valence-corrected chi connectivity index (χ0v) is 20.7. The second-order valence-corrected chi connectivity index (χ2v) is 10.7. The van der Waals surface area contributed by atoms with Gasteiger partial charge < -0.3 is 4.90 Å². The van der Waals surface area contributed by atoms with E-state index in [0.29, 0.717) is 54.1 Å². The van der Waals surface area contributed by atoms with E-state index < -0.39 is 10.0 Å². The van der Waals surface area contributed by atoms with Crippen molar-refractivity contribution in [2.45, 2.75) is 18.2 Å². The number of halogens is 2. The van der Waals surface area contributed by atoms with Gasteiger partial charge in [-0.3, -0.25) is 0 Å². The summed E-state index contributed by atoms with van der Waals surface area (Å²) in [6.45, 7) is 3.68. The summed E-state index contributed by atoms with van der Waals surface area (Å²) >= 11 is 12.3. The first-order valence-electron chi connectivity index (χ1n) is 10.9. The summed E-state index contributed by atoms with van der Waals surface area (Å²) in [4.78, 5) is 11.8. The van der Waals surface area contributed by atoms with Crippen LogP contribution in [0, 0.1) is 0 Å². The minimum Gasteiger partial charge on any atom is -0.353 e. The molecule has 1 aliphatic heterocycles. The molecule has 0 spiro atoms. The normalized spacial score (nSPS) is 15.2. The van der Waals surface area contributed by atoms with E-state index in [0.717, 1.165) is 16.9 Å². The smallest absolute Gasteiger partial charge is 0.243 e. The maximum absolute atomic E-state index is 13.1. The highest BCUT2D eigenvalue weighted by Crippen LogP contribution is 2.30. The molecule has 0 radical (unpaired) electrons. The number of hydrogen-bond donors (Lipinski definition) is 0. The highest BCUT2D eigenvalue weighted by Gasteiger charge is 2.30. The average molecular weight is 517 g/mol. The Kier molecular flexibility index (Phi) is 6.20. The molecule has 1 fully saturated rings. The van der Waals surface area contributed by atoms with Gasteiger partial charge in [0.25, 0.3) is 0 Å². The van der Waals surface area contributed by atoms with Crippen molar-refractivity contribution < 1.29 is 8.42 Å². The number of para-hydroxylation sites is 1. The molecule has 2 aromatic heterocycles. The first-order chi connectivity index (χ1) is 16.4. The minimum absolute atomic E-state index is 0.240. The van der Waals surface area contributed by atoms with Crippen LogP contribution in [0.1, 0.15) is 12.7 Å². The minimum atomic E-state index is -3.59. The first kappa shape index (κ1) is 23.0. The third kappa shape index (κ3) is 4.13. The van der Waals surface area contributed by atoms with Crippen LogP contribution in [0.15, 0.2) is 59.6 Å². The van der Waals surface area contributed by atoms with E-state index in [9.17, 15) is 8.42 Å². The van der Waals surface area contributed by atoms with Crippen molar-refractivity contribution in [2.75, 3.05) is 31.1 Å². The molecule has 8 nitrogen and oxygen atoms in total. The van der Waals surface area contributed by atoms with Crippen LogP contribution in [0.3, 0.4) is 0 Å². The quantitative estimate of drug-likeness (QED) is 0.395. The van der Waals surface area contributed by atoms with Crippen LogP contribution in [0.25, 0.3) is 16.7 Å². The summed E-state index contributed by atoms with van der Waals surface area (Å²) in [5.41, 5.74) is 1.41. The predicted octanol–water partition coefficient (Wildman–Crippen LogP) is 4.20. The lowest BCUT2D eigenvalue weighted by molar-refractivity contribution is 0.384. The van der Waals surface area contributed by atoms with Gasteiger partial charge in [-0.05, 0) is 36.4 Å². The monoisotopic (exact) mass is 516 g/mol. The SMILES string of the molecule is CCc1nc(N2CCN(S(=O)(=O)c3ccc(Cl)cc3)CC2)c2cnn(-c3ccccc3Cl)c2n1. The molecular formula is C23H22Cl2N6O2S. The molecule has 0 amide bonds. The zero-order chi connectivity index (χ0) is 23.9. The Morgan fingerprint density at radius 2 is 1.65 bits per heavy atom. The molecule has 0 unspecified atom stereocenters. The van der Waals surface area contributed by atoms with Gasteiger partial charge in [-0.25, -0.2) is 23.1 Å². The number of nitrogens with zero attached hydrogens (tertiary/aromatic N) is 6. The van der Waals surface area contributed by atoms with Crippen LogP contribution in [-0.2, 0) is 16.4 Å². The number of anilines is 1. The van der Waals surface area contributed by atoms with Gasteiger partial charge in [0.05, 0.1) is 27.2 Å². The summed E-state index contributed by atoms with van der Waals surface area (Å²) in [7, 11) is -3.59. The van der Waals surface area contributed by atoms with Gasteiger partial charge in [-0.15, -0.1) is 0 Å². The first-order valence-corrected chi connectivity index (χ1v) is 13.1. The molecule has 4 aromatic rings. The fraction of sp³-hybridized carbons (Fsp3) is 0.261. The van der Waals surface area contributed by atoms with Crippen molar-refractivity contribution in [3.63, 3.8) is 0 Å². The highest BCUT2D eigenvalue weighted by atomic mass is 35.5. The summed E-state index contributed by atoms with van der Waals surface area (Å²) in [6.07, 6.45) is 2.39. The van der Waals surface area contributed by atoms with Gasteiger partial charge in [0.1, 0.15) is 11.6 Å². The van der Waals surface area contributed by atoms with E-state index in [1.807, 2.05) is 31.2 Å². The van der Waals surface area contributed by atoms with E-state index in [-0.39, 0.29) is 4.90 Å². The van der Waals surface area contributed by atoms with Crippen molar-refractivity contribution in [2.24, 2.45) is 0 Å². The van der Waals surface area contributed by atoms with Gasteiger partial charge in [0, 0.05) is 37.6 Å².